The van der Waals surface area contributed by atoms with E-state index in [0.29, 0.717) is 12.1 Å². The van der Waals surface area contributed by atoms with E-state index in [9.17, 15) is 9.90 Å². The third-order valence-corrected chi connectivity index (χ3v) is 3.33. The molecule has 1 aromatic rings. The number of ether oxygens (including phenoxy) is 1. The average Bonchev–Trinajstić information content (AvgIpc) is 2.55. The highest BCUT2D eigenvalue weighted by Crippen LogP contribution is 2.28. The van der Waals surface area contributed by atoms with Crippen LogP contribution in [0.3, 0.4) is 0 Å². The summed E-state index contributed by atoms with van der Waals surface area (Å²) in [6, 6.07) is 0. The van der Waals surface area contributed by atoms with Crippen LogP contribution in [0.15, 0.2) is 0 Å². The minimum absolute atomic E-state index is 0.0786. The fourth-order valence-corrected chi connectivity index (χ4v) is 2.12. The maximum absolute atomic E-state index is 11.8. The number of methoxy groups -OCH3 is 1. The summed E-state index contributed by atoms with van der Waals surface area (Å²) >= 11 is 0. The van der Waals surface area contributed by atoms with Crippen molar-refractivity contribution in [2.45, 2.75) is 19.8 Å². The van der Waals surface area contributed by atoms with Gasteiger partial charge in [0.25, 0.3) is 0 Å². The molecule has 5 nitrogen and oxygen atoms in total. The fourth-order valence-electron chi connectivity index (χ4n) is 2.12. The highest BCUT2D eigenvalue weighted by atomic mass is 16.5. The molecule has 3 N–H and O–H groups in total. The van der Waals surface area contributed by atoms with Crippen LogP contribution >= 0.6 is 0 Å². The van der Waals surface area contributed by atoms with Gasteiger partial charge in [0.1, 0.15) is 0 Å². The molecule has 1 aromatic heterocycles. The number of nitrogens with zero attached hydrogens (tertiary/aromatic N) is 1. The lowest BCUT2D eigenvalue weighted by Crippen LogP contribution is -2.19. The van der Waals surface area contributed by atoms with Crippen molar-refractivity contribution in [1.29, 1.82) is 0 Å². The summed E-state index contributed by atoms with van der Waals surface area (Å²) < 4.78 is 6.71. The van der Waals surface area contributed by atoms with Gasteiger partial charge in [-0.3, -0.25) is 0 Å². The van der Waals surface area contributed by atoms with E-state index in [4.69, 9.17) is 10.5 Å². The highest BCUT2D eigenvalue weighted by Gasteiger charge is 2.26. The number of esters is 1. The van der Waals surface area contributed by atoms with Gasteiger partial charge in [0.2, 0.25) is 0 Å². The first-order valence-corrected chi connectivity index (χ1v) is 5.54. The lowest BCUT2D eigenvalue weighted by Gasteiger charge is -2.13. The first kappa shape index (κ1) is 13.7. The molecule has 0 aromatic carbocycles. The van der Waals surface area contributed by atoms with Gasteiger partial charge in [-0.25, -0.2) is 4.79 Å². The quantitative estimate of drug-likeness (QED) is 0.750. The van der Waals surface area contributed by atoms with Gasteiger partial charge in [-0.15, -0.1) is 0 Å². The normalized spacial score (nSPS) is 12.6. The molecule has 0 bridgehead atoms. The van der Waals surface area contributed by atoms with Crippen LogP contribution in [0.2, 0.25) is 0 Å². The van der Waals surface area contributed by atoms with Crippen LogP contribution in [-0.2, 0) is 11.8 Å². The molecule has 5 heteroatoms. The van der Waals surface area contributed by atoms with Gasteiger partial charge >= 0.3 is 5.97 Å². The Labute approximate surface area is 101 Å². The molecule has 17 heavy (non-hydrogen) atoms. The molecule has 0 aliphatic rings. The molecule has 1 heterocycles. The Morgan fingerprint density at radius 2 is 2.06 bits per heavy atom. The number of hydrogen-bond donors (Lipinski definition) is 2. The summed E-state index contributed by atoms with van der Waals surface area (Å²) in [6.07, 6.45) is 0. The zero-order valence-electron chi connectivity index (χ0n) is 10.8. The predicted octanol–water partition coefficient (Wildman–Crippen LogP) is 0.463. The minimum atomic E-state index is -0.381. The van der Waals surface area contributed by atoms with Crippen LogP contribution in [0.5, 0.6) is 0 Å². The van der Waals surface area contributed by atoms with Crippen molar-refractivity contribution in [3.05, 3.63) is 22.5 Å². The van der Waals surface area contributed by atoms with Crippen LogP contribution in [0.4, 0.5) is 0 Å². The number of aliphatic hydroxyl groups excluding tert-OH is 1. The molecule has 1 atom stereocenters. The lowest BCUT2D eigenvalue weighted by atomic mass is 9.95. The van der Waals surface area contributed by atoms with Crippen molar-refractivity contribution in [2.24, 2.45) is 12.8 Å². The number of carbonyl (C=O) groups is 1. The Bertz CT molecular complexity index is 420. The number of hydrogen-bond acceptors (Lipinski definition) is 4. The molecule has 0 amide bonds. The van der Waals surface area contributed by atoms with Gasteiger partial charge < -0.3 is 20.1 Å². The molecule has 0 radical (unpaired) electrons. The molecule has 0 spiro atoms. The van der Waals surface area contributed by atoms with Gasteiger partial charge in [-0.1, -0.05) is 0 Å². The van der Waals surface area contributed by atoms with Gasteiger partial charge in [-0.05, 0) is 19.4 Å². The van der Waals surface area contributed by atoms with E-state index < -0.39 is 0 Å². The predicted molar refractivity (Wildman–Crippen MR) is 65.1 cm³/mol. The van der Waals surface area contributed by atoms with Crippen molar-refractivity contribution in [3.63, 3.8) is 0 Å². The van der Waals surface area contributed by atoms with E-state index in [0.717, 1.165) is 17.0 Å². The maximum atomic E-state index is 11.8. The summed E-state index contributed by atoms with van der Waals surface area (Å²) in [5.74, 6) is -0.614. The maximum Gasteiger partial charge on any atom is 0.339 e. The lowest BCUT2D eigenvalue weighted by molar-refractivity contribution is 0.0597. The third kappa shape index (κ3) is 2.21. The second-order valence-electron chi connectivity index (χ2n) is 4.13. The summed E-state index contributed by atoms with van der Waals surface area (Å²) in [6.45, 7) is 3.98. The minimum Gasteiger partial charge on any atom is -0.465 e. The van der Waals surface area contributed by atoms with Gasteiger partial charge in [-0.2, -0.15) is 0 Å². The second-order valence-corrected chi connectivity index (χ2v) is 4.13. The van der Waals surface area contributed by atoms with Gasteiger partial charge in [0.15, 0.2) is 0 Å². The summed E-state index contributed by atoms with van der Waals surface area (Å²) in [4.78, 5) is 11.8. The molecule has 0 saturated heterocycles. The third-order valence-electron chi connectivity index (χ3n) is 3.33. The second kappa shape index (κ2) is 5.33. The van der Waals surface area contributed by atoms with Crippen LogP contribution in [-0.4, -0.2) is 35.9 Å². The molecule has 96 valence electrons. The zero-order chi connectivity index (χ0) is 13.2. The van der Waals surface area contributed by atoms with Crippen molar-refractivity contribution >= 4 is 5.97 Å². The molecule has 0 fully saturated rings. The van der Waals surface area contributed by atoms with Crippen LogP contribution < -0.4 is 5.73 Å². The molecule has 1 rings (SSSR count). The Kier molecular flexibility index (Phi) is 4.31. The van der Waals surface area contributed by atoms with E-state index in [2.05, 4.69) is 0 Å². The van der Waals surface area contributed by atoms with Gasteiger partial charge in [0, 0.05) is 30.9 Å². The summed E-state index contributed by atoms with van der Waals surface area (Å²) in [7, 11) is 3.23. The first-order chi connectivity index (χ1) is 7.99. The van der Waals surface area contributed by atoms with E-state index in [-0.39, 0.29) is 18.5 Å². The number of rotatable bonds is 4. The zero-order valence-corrected chi connectivity index (χ0v) is 10.8. The number of aliphatic hydroxyl groups is 1. The molecule has 0 aliphatic heterocycles. The first-order valence-electron chi connectivity index (χ1n) is 5.54. The van der Waals surface area contributed by atoms with E-state index in [1.54, 1.807) is 0 Å². The number of aromatic nitrogens is 1. The average molecular weight is 240 g/mol. The Hall–Kier alpha value is -1.33. The van der Waals surface area contributed by atoms with E-state index >= 15 is 0 Å². The van der Waals surface area contributed by atoms with Crippen molar-refractivity contribution in [1.82, 2.24) is 4.57 Å². The largest absolute Gasteiger partial charge is 0.465 e. The molecular weight excluding hydrogens is 220 g/mol. The van der Waals surface area contributed by atoms with Gasteiger partial charge in [0.05, 0.1) is 19.3 Å². The standard InChI is InChI=1S/C12H20N2O3/c1-7-10(9(5-13)6-15)11(12(16)17-4)8(2)14(7)3/h9,15H,5-6,13H2,1-4H3. The van der Waals surface area contributed by atoms with Crippen molar-refractivity contribution in [3.8, 4) is 0 Å². The monoisotopic (exact) mass is 240 g/mol. The molecule has 0 saturated carbocycles. The van der Waals surface area contributed by atoms with E-state index in [1.807, 2.05) is 25.5 Å². The Balaban J connectivity index is 3.45. The molecular formula is C12H20N2O3. The summed E-state index contributed by atoms with van der Waals surface area (Å²) in [5.41, 5.74) is 8.72. The SMILES string of the molecule is COC(=O)c1c(C(CN)CO)c(C)n(C)c1C. The van der Waals surface area contributed by atoms with Crippen LogP contribution in [0, 0.1) is 13.8 Å². The fraction of sp³-hybridized carbons (Fsp3) is 0.583. The summed E-state index contributed by atoms with van der Waals surface area (Å²) in [5, 5.41) is 9.34. The Morgan fingerprint density at radius 3 is 2.47 bits per heavy atom. The van der Waals surface area contributed by atoms with Crippen LogP contribution in [0.25, 0.3) is 0 Å². The number of carbonyl (C=O) groups excluding carboxylic acids is 1. The molecule has 0 aliphatic carbocycles. The van der Waals surface area contributed by atoms with E-state index in [1.165, 1.54) is 7.11 Å². The van der Waals surface area contributed by atoms with Crippen molar-refractivity contribution < 1.29 is 14.6 Å². The van der Waals surface area contributed by atoms with Crippen LogP contribution in [0.1, 0.15) is 33.2 Å². The molecule has 1 unspecified atom stereocenters. The van der Waals surface area contributed by atoms with Crippen molar-refractivity contribution in [2.75, 3.05) is 20.3 Å². The smallest absolute Gasteiger partial charge is 0.339 e. The topological polar surface area (TPSA) is 77.5 Å². The highest BCUT2D eigenvalue weighted by molar-refractivity contribution is 5.93. The number of nitrogens with two attached hydrogens (primary N) is 1. The Morgan fingerprint density at radius 1 is 1.47 bits per heavy atom.